The minimum atomic E-state index is -3.40. The molecule has 50 heavy (non-hydrogen) atoms. The number of fused-ring (bicyclic) bond motifs is 1. The lowest BCUT2D eigenvalue weighted by atomic mass is 9.82. The average Bonchev–Trinajstić information content (AvgIpc) is 3.73. The van der Waals surface area contributed by atoms with Gasteiger partial charge in [-0.2, -0.15) is 0 Å². The summed E-state index contributed by atoms with van der Waals surface area (Å²) in [4.78, 5) is 70.4. The first kappa shape index (κ1) is 38.5. The van der Waals surface area contributed by atoms with Gasteiger partial charge in [-0.1, -0.05) is 58.3 Å². The van der Waals surface area contributed by atoms with E-state index in [-0.39, 0.29) is 36.0 Å². The van der Waals surface area contributed by atoms with Gasteiger partial charge in [-0.3, -0.25) is 19.2 Å². The van der Waals surface area contributed by atoms with Crippen LogP contribution in [0.3, 0.4) is 0 Å². The maximum Gasteiger partial charge on any atom is 0.315 e. The number of Topliss-reactive ketones (excluding diaryl/α,β-unsaturated/α-hetero) is 1. The summed E-state index contributed by atoms with van der Waals surface area (Å²) in [6, 6.07) is -3.46. The molecule has 2 heterocycles. The highest BCUT2D eigenvalue weighted by atomic mass is 32.2. The molecule has 1 unspecified atom stereocenters. The van der Waals surface area contributed by atoms with Crippen molar-refractivity contribution in [1.29, 1.82) is 0 Å². The number of carbonyl (C=O) groups is 5. The third-order valence-corrected chi connectivity index (χ3v) is 12.5. The Bertz CT molecular complexity index is 1390. The summed E-state index contributed by atoms with van der Waals surface area (Å²) in [6.07, 6.45) is 12.2. The van der Waals surface area contributed by atoms with Crippen molar-refractivity contribution in [3.8, 4) is 0 Å². The summed E-state index contributed by atoms with van der Waals surface area (Å²) >= 11 is 0. The molecule has 4 N–H and O–H groups in total. The van der Waals surface area contributed by atoms with Crippen LogP contribution in [0.4, 0.5) is 4.79 Å². The number of urea groups is 1. The lowest BCUT2D eigenvalue weighted by molar-refractivity contribution is -0.144. The normalized spacial score (nSPS) is 27.4. The number of carbonyl (C=O) groups excluding carboxylic acids is 5. The van der Waals surface area contributed by atoms with Gasteiger partial charge in [0.05, 0.1) is 29.0 Å². The molecule has 5 fully saturated rings. The number of nitrogens with zero attached hydrogens (tertiary/aromatic N) is 1. The molecule has 3 saturated carbocycles. The SMILES string of the molecule is CCCNC(=O)C(=O)C(CC1CC1)NC(=O)[C@@H]1[C@H]2CC(C)(C)O[C@H]2CN1C(=O)[C@@H](NC(=O)NC1(CS(C)(=O)=O)CCCCC1)C1CCCCC1. The van der Waals surface area contributed by atoms with Gasteiger partial charge >= 0.3 is 6.03 Å². The number of likely N-dealkylation sites (tertiary alicyclic amines) is 1. The second kappa shape index (κ2) is 15.9. The van der Waals surface area contributed by atoms with Crippen molar-refractivity contribution in [2.75, 3.05) is 25.1 Å². The van der Waals surface area contributed by atoms with E-state index in [2.05, 4.69) is 21.3 Å². The van der Waals surface area contributed by atoms with Crippen molar-refractivity contribution >= 4 is 39.4 Å². The number of sulfone groups is 1. The number of rotatable bonds is 14. The van der Waals surface area contributed by atoms with E-state index in [0.717, 1.165) is 64.2 Å². The maximum absolute atomic E-state index is 14.7. The highest BCUT2D eigenvalue weighted by Gasteiger charge is 2.57. The van der Waals surface area contributed by atoms with E-state index in [0.29, 0.717) is 38.6 Å². The van der Waals surface area contributed by atoms with Gasteiger partial charge in [0.15, 0.2) is 0 Å². The van der Waals surface area contributed by atoms with E-state index in [1.165, 1.54) is 11.2 Å². The first-order chi connectivity index (χ1) is 23.6. The Morgan fingerprint density at radius 2 is 1.58 bits per heavy atom. The van der Waals surface area contributed by atoms with Crippen molar-refractivity contribution < 1.29 is 37.1 Å². The fourth-order valence-corrected chi connectivity index (χ4v) is 10.3. The molecule has 5 rings (SSSR count). The summed E-state index contributed by atoms with van der Waals surface area (Å²) in [6.45, 7) is 6.32. The van der Waals surface area contributed by atoms with Gasteiger partial charge in [0, 0.05) is 25.3 Å². The van der Waals surface area contributed by atoms with Crippen LogP contribution in [0.5, 0.6) is 0 Å². The molecule has 0 bridgehead atoms. The van der Waals surface area contributed by atoms with Gasteiger partial charge < -0.3 is 30.9 Å². The van der Waals surface area contributed by atoms with E-state index in [4.69, 9.17) is 4.74 Å². The van der Waals surface area contributed by atoms with Crippen molar-refractivity contribution in [2.24, 2.45) is 17.8 Å². The Morgan fingerprint density at radius 3 is 2.20 bits per heavy atom. The predicted octanol–water partition coefficient (Wildman–Crippen LogP) is 2.76. The number of amides is 5. The minimum absolute atomic E-state index is 0.160. The van der Waals surface area contributed by atoms with Gasteiger partial charge in [-0.15, -0.1) is 0 Å². The van der Waals surface area contributed by atoms with Crippen molar-refractivity contribution in [2.45, 2.75) is 152 Å². The number of hydrogen-bond acceptors (Lipinski definition) is 8. The van der Waals surface area contributed by atoms with E-state index in [9.17, 15) is 32.4 Å². The Hall–Kier alpha value is -2.74. The third kappa shape index (κ3) is 9.77. The van der Waals surface area contributed by atoms with Crippen LogP contribution in [-0.4, -0.2) is 103 Å². The van der Waals surface area contributed by atoms with Crippen molar-refractivity contribution in [3.63, 3.8) is 0 Å². The van der Waals surface area contributed by atoms with Gasteiger partial charge in [0.2, 0.25) is 17.6 Å². The van der Waals surface area contributed by atoms with Crippen LogP contribution in [0.1, 0.15) is 117 Å². The summed E-state index contributed by atoms with van der Waals surface area (Å²) in [5.41, 5.74) is -1.42. The topological polar surface area (TPSA) is 180 Å². The zero-order valence-corrected chi connectivity index (χ0v) is 31.2. The summed E-state index contributed by atoms with van der Waals surface area (Å²) in [5.74, 6) is -2.69. The second-order valence-corrected chi connectivity index (χ2v) is 18.6. The standard InChI is InChI=1S/C36H59N5O8S/c1-5-18-37-32(44)30(42)26(19-23-14-15-23)38-31(43)29-25-20-35(2,3)49-27(25)21-41(29)33(45)28(24-12-8-6-9-13-24)39-34(46)40-36(22-50(4,47)48)16-10-7-11-17-36/h23-29H,5-22H2,1-4H3,(H,37,44)(H,38,43)(H2,39,40,46)/t25-,26?,27-,28-,29-/m0/s1. The molecule has 0 spiro atoms. The molecule has 282 valence electrons. The Balaban J connectivity index is 1.39. The van der Waals surface area contributed by atoms with E-state index in [1.54, 1.807) is 0 Å². The molecule has 0 aromatic carbocycles. The van der Waals surface area contributed by atoms with Crippen LogP contribution in [0.25, 0.3) is 0 Å². The molecule has 5 amide bonds. The molecule has 2 aliphatic heterocycles. The molecule has 2 saturated heterocycles. The van der Waals surface area contributed by atoms with Gasteiger partial charge in [-0.25, -0.2) is 13.2 Å². The lowest BCUT2D eigenvalue weighted by Gasteiger charge is -2.39. The first-order valence-corrected chi connectivity index (χ1v) is 21.0. The minimum Gasteiger partial charge on any atom is -0.370 e. The Labute approximate surface area is 297 Å². The van der Waals surface area contributed by atoms with Gasteiger partial charge in [0.1, 0.15) is 21.9 Å². The fourth-order valence-electron chi connectivity index (χ4n) is 8.97. The largest absolute Gasteiger partial charge is 0.370 e. The van der Waals surface area contributed by atoms with E-state index in [1.807, 2.05) is 20.8 Å². The fraction of sp³-hybridized carbons (Fsp3) is 0.861. The molecule has 0 aromatic heterocycles. The first-order valence-electron chi connectivity index (χ1n) is 19.0. The van der Waals surface area contributed by atoms with Crippen LogP contribution in [0.2, 0.25) is 0 Å². The van der Waals surface area contributed by atoms with Crippen molar-refractivity contribution in [1.82, 2.24) is 26.2 Å². The second-order valence-electron chi connectivity index (χ2n) is 16.5. The highest BCUT2D eigenvalue weighted by molar-refractivity contribution is 7.90. The smallest absolute Gasteiger partial charge is 0.315 e. The molecule has 14 heteroatoms. The molecule has 0 aromatic rings. The van der Waals surface area contributed by atoms with Crippen molar-refractivity contribution in [3.05, 3.63) is 0 Å². The molecular formula is C36H59N5O8S. The lowest BCUT2D eigenvalue weighted by Crippen LogP contribution is -2.62. The molecular weight excluding hydrogens is 662 g/mol. The number of ether oxygens (including phenoxy) is 1. The van der Waals surface area contributed by atoms with E-state index >= 15 is 0 Å². The van der Waals surface area contributed by atoms with Crippen LogP contribution in [0.15, 0.2) is 0 Å². The molecule has 5 atom stereocenters. The molecule has 0 radical (unpaired) electrons. The van der Waals surface area contributed by atoms with E-state index < -0.39 is 68.8 Å². The molecule has 13 nitrogen and oxygen atoms in total. The third-order valence-electron chi connectivity index (χ3n) is 11.4. The summed E-state index contributed by atoms with van der Waals surface area (Å²) in [5, 5.41) is 11.5. The Morgan fingerprint density at radius 1 is 0.920 bits per heavy atom. The maximum atomic E-state index is 14.7. The molecule has 5 aliphatic rings. The highest BCUT2D eigenvalue weighted by Crippen LogP contribution is 2.44. The van der Waals surface area contributed by atoms with Gasteiger partial charge in [-0.05, 0) is 70.6 Å². The van der Waals surface area contributed by atoms with Gasteiger partial charge in [0.25, 0.3) is 5.91 Å². The quantitative estimate of drug-likeness (QED) is 0.198. The summed E-state index contributed by atoms with van der Waals surface area (Å²) in [7, 11) is -3.40. The zero-order chi connectivity index (χ0) is 36.3. The molecule has 3 aliphatic carbocycles. The van der Waals surface area contributed by atoms with Crippen LogP contribution >= 0.6 is 0 Å². The Kier molecular flexibility index (Phi) is 12.2. The predicted molar refractivity (Wildman–Crippen MR) is 188 cm³/mol. The number of hydrogen-bond donors (Lipinski definition) is 4. The number of nitrogens with one attached hydrogen (secondary N) is 4. The van der Waals surface area contributed by atoms with Crippen LogP contribution in [-0.2, 0) is 33.8 Å². The number of ketones is 1. The average molecular weight is 722 g/mol. The van der Waals surface area contributed by atoms with Crippen LogP contribution < -0.4 is 21.3 Å². The zero-order valence-electron chi connectivity index (χ0n) is 30.4. The van der Waals surface area contributed by atoms with Crippen LogP contribution in [0, 0.1) is 17.8 Å². The monoisotopic (exact) mass is 721 g/mol. The summed E-state index contributed by atoms with van der Waals surface area (Å²) < 4.78 is 31.2.